The van der Waals surface area contributed by atoms with Gasteiger partial charge in [-0.1, -0.05) is 12.8 Å². The van der Waals surface area contributed by atoms with Gasteiger partial charge in [0.2, 0.25) is 25.8 Å². The predicted octanol–water partition coefficient (Wildman–Crippen LogP) is 2.06. The Kier molecular flexibility index (Phi) is 7.16. The zero-order valence-electron chi connectivity index (χ0n) is 17.7. The van der Waals surface area contributed by atoms with Crippen molar-refractivity contribution < 1.29 is 31.0 Å². The summed E-state index contributed by atoms with van der Waals surface area (Å²) >= 11 is 0. The summed E-state index contributed by atoms with van der Waals surface area (Å²) in [6.07, 6.45) is 4.80. The van der Waals surface area contributed by atoms with E-state index in [-0.39, 0.29) is 27.0 Å². The van der Waals surface area contributed by atoms with Gasteiger partial charge in [0.05, 0.1) is 21.3 Å². The normalized spacial score (nSPS) is 19.4. The molecule has 0 saturated carbocycles. The number of nitrogens with zero attached hydrogens (tertiary/aromatic N) is 2. The van der Waals surface area contributed by atoms with Gasteiger partial charge in [-0.15, -0.1) is 0 Å². The van der Waals surface area contributed by atoms with Crippen molar-refractivity contribution in [2.24, 2.45) is 0 Å². The van der Waals surface area contributed by atoms with Gasteiger partial charge >= 0.3 is 0 Å². The lowest BCUT2D eigenvalue weighted by Crippen LogP contribution is -2.39. The van der Waals surface area contributed by atoms with E-state index in [1.165, 1.54) is 36.0 Å². The first-order valence-electron chi connectivity index (χ1n) is 10.1. The van der Waals surface area contributed by atoms with E-state index in [9.17, 15) is 16.8 Å². The van der Waals surface area contributed by atoms with Crippen molar-refractivity contribution >= 4 is 20.0 Å². The van der Waals surface area contributed by atoms with Gasteiger partial charge in [-0.25, -0.2) is 16.8 Å². The molecule has 2 heterocycles. The molecule has 0 atom stereocenters. The van der Waals surface area contributed by atoms with Gasteiger partial charge in [0, 0.05) is 32.2 Å². The third-order valence-electron chi connectivity index (χ3n) is 5.60. The molecule has 2 aliphatic rings. The lowest BCUT2D eigenvalue weighted by atomic mass is 10.2. The number of methoxy groups -OCH3 is 3. The van der Waals surface area contributed by atoms with Crippen LogP contribution in [0.4, 0.5) is 0 Å². The Labute approximate surface area is 179 Å². The minimum absolute atomic E-state index is 0.0492. The molecular formula is C19H30N2O7S2. The molecule has 1 aromatic carbocycles. The second kappa shape index (κ2) is 9.29. The van der Waals surface area contributed by atoms with E-state index in [0.717, 1.165) is 38.5 Å². The Morgan fingerprint density at radius 2 is 1.13 bits per heavy atom. The van der Waals surface area contributed by atoms with Gasteiger partial charge < -0.3 is 14.2 Å². The van der Waals surface area contributed by atoms with Crippen LogP contribution in [0.2, 0.25) is 0 Å². The van der Waals surface area contributed by atoms with Crippen molar-refractivity contribution in [2.45, 2.75) is 48.3 Å². The van der Waals surface area contributed by atoms with Crippen molar-refractivity contribution in [3.05, 3.63) is 6.07 Å². The molecule has 0 bridgehead atoms. The van der Waals surface area contributed by atoms with Gasteiger partial charge in [-0.3, -0.25) is 0 Å². The Balaban J connectivity index is 2.29. The highest BCUT2D eigenvalue weighted by Gasteiger charge is 2.40. The highest BCUT2D eigenvalue weighted by Crippen LogP contribution is 2.47. The number of rotatable bonds is 7. The Hall–Kier alpha value is -1.56. The molecule has 0 N–H and O–H groups in total. The maximum Gasteiger partial charge on any atom is 0.248 e. The maximum atomic E-state index is 13.7. The molecule has 2 aliphatic heterocycles. The summed E-state index contributed by atoms with van der Waals surface area (Å²) in [6.45, 7) is 1.37. The van der Waals surface area contributed by atoms with E-state index in [0.29, 0.717) is 26.2 Å². The van der Waals surface area contributed by atoms with Crippen LogP contribution in [-0.4, -0.2) is 73.0 Å². The minimum Gasteiger partial charge on any atom is -0.493 e. The monoisotopic (exact) mass is 462 g/mol. The molecule has 0 aromatic heterocycles. The minimum atomic E-state index is -4.15. The number of hydrogen-bond donors (Lipinski definition) is 0. The molecule has 2 fully saturated rings. The summed E-state index contributed by atoms with van der Waals surface area (Å²) < 4.78 is 73.2. The molecule has 0 unspecified atom stereocenters. The van der Waals surface area contributed by atoms with E-state index in [4.69, 9.17) is 14.2 Å². The third-order valence-corrected chi connectivity index (χ3v) is 9.61. The quantitative estimate of drug-likeness (QED) is 0.611. The van der Waals surface area contributed by atoms with Gasteiger partial charge in [0.25, 0.3) is 0 Å². The topological polar surface area (TPSA) is 102 Å². The molecule has 0 aliphatic carbocycles. The molecule has 11 heteroatoms. The largest absolute Gasteiger partial charge is 0.493 e. The van der Waals surface area contributed by atoms with Crippen molar-refractivity contribution in [1.82, 2.24) is 8.61 Å². The van der Waals surface area contributed by atoms with Crippen LogP contribution in [-0.2, 0) is 20.0 Å². The summed E-state index contributed by atoms with van der Waals surface area (Å²) in [5.74, 6) is -0.00582. The fraction of sp³-hybridized carbons (Fsp3) is 0.684. The average molecular weight is 463 g/mol. The van der Waals surface area contributed by atoms with E-state index < -0.39 is 20.0 Å². The summed E-state index contributed by atoms with van der Waals surface area (Å²) in [5, 5.41) is 0. The second-order valence-corrected chi connectivity index (χ2v) is 11.2. The number of hydrogen-bond acceptors (Lipinski definition) is 7. The second-order valence-electron chi connectivity index (χ2n) is 7.40. The molecule has 0 spiro atoms. The SMILES string of the molecule is COc1cc(S(=O)(=O)N2CCCCC2)c(S(=O)(=O)N2CCCCC2)c(OC)c1OC. The van der Waals surface area contributed by atoms with E-state index in [1.54, 1.807) is 0 Å². The van der Waals surface area contributed by atoms with Crippen molar-refractivity contribution in [3.63, 3.8) is 0 Å². The van der Waals surface area contributed by atoms with Gasteiger partial charge in [-0.2, -0.15) is 8.61 Å². The van der Waals surface area contributed by atoms with Gasteiger partial charge in [0.15, 0.2) is 11.5 Å². The molecule has 3 rings (SSSR count). The van der Waals surface area contributed by atoms with Crippen LogP contribution < -0.4 is 14.2 Å². The Bertz CT molecular complexity index is 965. The number of ether oxygens (including phenoxy) is 3. The van der Waals surface area contributed by atoms with Crippen LogP contribution in [0.25, 0.3) is 0 Å². The van der Waals surface area contributed by atoms with Crippen LogP contribution in [0.15, 0.2) is 15.9 Å². The molecule has 9 nitrogen and oxygen atoms in total. The average Bonchev–Trinajstić information content (AvgIpc) is 2.78. The van der Waals surface area contributed by atoms with Gasteiger partial charge in [0.1, 0.15) is 9.79 Å². The molecule has 1 aromatic rings. The third kappa shape index (κ3) is 4.12. The van der Waals surface area contributed by atoms with Gasteiger partial charge in [-0.05, 0) is 25.7 Å². The molecular weight excluding hydrogens is 432 g/mol. The number of piperidine rings is 2. The highest BCUT2D eigenvalue weighted by molar-refractivity contribution is 7.92. The smallest absolute Gasteiger partial charge is 0.248 e. The van der Waals surface area contributed by atoms with Crippen LogP contribution in [0.1, 0.15) is 38.5 Å². The van der Waals surface area contributed by atoms with Crippen molar-refractivity contribution in [3.8, 4) is 17.2 Å². The summed E-state index contributed by atoms with van der Waals surface area (Å²) in [7, 11) is -4.22. The Morgan fingerprint density at radius 3 is 1.57 bits per heavy atom. The summed E-state index contributed by atoms with van der Waals surface area (Å²) in [6, 6.07) is 1.24. The Morgan fingerprint density at radius 1 is 0.667 bits per heavy atom. The first kappa shape index (κ1) is 23.1. The molecule has 2 saturated heterocycles. The fourth-order valence-electron chi connectivity index (χ4n) is 4.02. The highest BCUT2D eigenvalue weighted by atomic mass is 32.2. The molecule has 0 amide bonds. The standard InChI is InChI=1S/C19H30N2O7S2/c1-26-15-14-16(29(22,23)20-10-6-4-7-11-20)19(18(28-3)17(15)27-2)30(24,25)21-12-8-5-9-13-21/h14H,4-13H2,1-3H3. The number of sulfonamides is 2. The maximum absolute atomic E-state index is 13.7. The zero-order valence-corrected chi connectivity index (χ0v) is 19.4. The summed E-state index contributed by atoms with van der Waals surface area (Å²) in [4.78, 5) is -0.709. The van der Waals surface area contributed by atoms with Crippen molar-refractivity contribution in [2.75, 3.05) is 47.5 Å². The lowest BCUT2D eigenvalue weighted by molar-refractivity contribution is 0.309. The van der Waals surface area contributed by atoms with Crippen LogP contribution >= 0.6 is 0 Å². The molecule has 30 heavy (non-hydrogen) atoms. The first-order chi connectivity index (χ1) is 14.3. The fourth-order valence-corrected chi connectivity index (χ4v) is 7.97. The first-order valence-corrected chi connectivity index (χ1v) is 13.0. The van der Waals surface area contributed by atoms with E-state index in [2.05, 4.69) is 0 Å². The number of benzene rings is 1. The summed E-state index contributed by atoms with van der Waals surface area (Å²) in [5.41, 5.74) is 0. The zero-order chi connectivity index (χ0) is 21.9. The van der Waals surface area contributed by atoms with E-state index in [1.807, 2.05) is 0 Å². The van der Waals surface area contributed by atoms with Crippen molar-refractivity contribution in [1.29, 1.82) is 0 Å². The molecule has 0 radical (unpaired) electrons. The van der Waals surface area contributed by atoms with Crippen LogP contribution in [0.3, 0.4) is 0 Å². The van der Waals surface area contributed by atoms with Crippen LogP contribution in [0, 0.1) is 0 Å². The lowest BCUT2D eigenvalue weighted by Gasteiger charge is -2.30. The molecule has 170 valence electrons. The predicted molar refractivity (Wildman–Crippen MR) is 111 cm³/mol. The van der Waals surface area contributed by atoms with E-state index >= 15 is 0 Å². The van der Waals surface area contributed by atoms with Crippen LogP contribution in [0.5, 0.6) is 17.2 Å².